The molecule has 2 unspecified atom stereocenters. The molecule has 1 rings (SSSR count). The molecule has 0 bridgehead atoms. The van der Waals surface area contributed by atoms with Gasteiger partial charge in [0.1, 0.15) is 23.4 Å². The first-order valence-corrected chi connectivity index (χ1v) is 11.3. The van der Waals surface area contributed by atoms with Crippen LogP contribution in [0.2, 0.25) is 0 Å². The molecule has 11 heteroatoms. The fourth-order valence-corrected chi connectivity index (χ4v) is 3.32. The molecule has 0 heterocycles. The molecule has 0 aliphatic rings. The molecule has 0 radical (unpaired) electrons. The molecular weight excluding hydrogens is 456 g/mol. The highest BCUT2D eigenvalue weighted by atomic mass is 16.6. The van der Waals surface area contributed by atoms with Crippen molar-refractivity contribution >= 4 is 23.8 Å². The number of aliphatic hydroxyl groups is 1. The summed E-state index contributed by atoms with van der Waals surface area (Å²) < 4.78 is 5.19. The van der Waals surface area contributed by atoms with E-state index in [0.29, 0.717) is 5.56 Å². The highest BCUT2D eigenvalue weighted by Gasteiger charge is 2.38. The van der Waals surface area contributed by atoms with Gasteiger partial charge < -0.3 is 36.2 Å². The molecule has 0 fully saturated rings. The summed E-state index contributed by atoms with van der Waals surface area (Å²) in [6.45, 7) is 10.9. The van der Waals surface area contributed by atoms with Gasteiger partial charge in [-0.15, -0.1) is 0 Å². The zero-order valence-corrected chi connectivity index (χ0v) is 21.5. The van der Waals surface area contributed by atoms with E-state index in [2.05, 4.69) is 10.6 Å². The Hall–Kier alpha value is -3.34. The molecule has 35 heavy (non-hydrogen) atoms. The van der Waals surface area contributed by atoms with Crippen molar-refractivity contribution in [2.45, 2.75) is 78.1 Å². The van der Waals surface area contributed by atoms with Gasteiger partial charge in [0.2, 0.25) is 17.7 Å². The van der Waals surface area contributed by atoms with Crippen LogP contribution in [0.15, 0.2) is 18.2 Å². The van der Waals surface area contributed by atoms with Gasteiger partial charge in [0, 0.05) is 17.6 Å². The number of hydrogen-bond donors (Lipinski definition) is 5. The number of phenolic OH excluding ortho intramolecular Hbond substituents is 1. The van der Waals surface area contributed by atoms with E-state index in [9.17, 15) is 29.4 Å². The summed E-state index contributed by atoms with van der Waals surface area (Å²) in [5, 5.41) is 25.6. The van der Waals surface area contributed by atoms with Gasteiger partial charge in [-0.1, -0.05) is 18.2 Å². The summed E-state index contributed by atoms with van der Waals surface area (Å²) in [5.41, 5.74) is 4.32. The van der Waals surface area contributed by atoms with Crippen molar-refractivity contribution in [1.82, 2.24) is 15.5 Å². The number of rotatable bonds is 9. The van der Waals surface area contributed by atoms with Crippen molar-refractivity contribution < 1.29 is 34.1 Å². The van der Waals surface area contributed by atoms with Gasteiger partial charge >= 0.3 is 6.09 Å². The fraction of sp³-hybridized carbons (Fsp3) is 0.583. The van der Waals surface area contributed by atoms with E-state index >= 15 is 0 Å². The summed E-state index contributed by atoms with van der Waals surface area (Å²) in [4.78, 5) is 52.1. The maximum absolute atomic E-state index is 13.6. The van der Waals surface area contributed by atoms with Crippen LogP contribution in [-0.2, 0) is 19.1 Å². The van der Waals surface area contributed by atoms with Crippen molar-refractivity contribution in [2.24, 2.45) is 5.73 Å². The van der Waals surface area contributed by atoms with Crippen LogP contribution in [0, 0.1) is 6.92 Å². The second-order valence-electron chi connectivity index (χ2n) is 10.3. The normalized spacial score (nSPS) is 13.4. The molecule has 0 saturated carbocycles. The maximum atomic E-state index is 13.6. The Balaban J connectivity index is 3.56. The number of para-hydroxylation sites is 1. The van der Waals surface area contributed by atoms with Crippen molar-refractivity contribution in [3.8, 4) is 5.75 Å². The summed E-state index contributed by atoms with van der Waals surface area (Å²) in [7, 11) is 0. The number of nitrogens with zero attached hydrogens (tertiary/aromatic N) is 1. The SMILES string of the molecule is Cc1cccc(C(C(=O)NC(C)(C)C)N(CCO)C(=O)C(CC(N)=O)NC(=O)OC(C)(C)C)c1O. The Morgan fingerprint density at radius 2 is 1.71 bits per heavy atom. The lowest BCUT2D eigenvalue weighted by Crippen LogP contribution is -2.56. The molecule has 196 valence electrons. The summed E-state index contributed by atoms with van der Waals surface area (Å²) in [6, 6.07) is 1.87. The van der Waals surface area contributed by atoms with Gasteiger partial charge in [0.05, 0.1) is 13.0 Å². The Bertz CT molecular complexity index is 935. The van der Waals surface area contributed by atoms with E-state index in [1.54, 1.807) is 60.6 Å². The number of nitrogens with two attached hydrogens (primary N) is 1. The van der Waals surface area contributed by atoms with Gasteiger partial charge in [0.25, 0.3) is 0 Å². The van der Waals surface area contributed by atoms with Crippen LogP contribution in [0.1, 0.15) is 65.1 Å². The molecule has 2 atom stereocenters. The van der Waals surface area contributed by atoms with Gasteiger partial charge in [-0.2, -0.15) is 0 Å². The number of primary amides is 1. The average molecular weight is 495 g/mol. The van der Waals surface area contributed by atoms with E-state index in [1.165, 1.54) is 6.07 Å². The second kappa shape index (κ2) is 11.9. The van der Waals surface area contributed by atoms with Crippen LogP contribution in [0.3, 0.4) is 0 Å². The van der Waals surface area contributed by atoms with E-state index in [1.807, 2.05) is 0 Å². The van der Waals surface area contributed by atoms with Crippen LogP contribution in [0.4, 0.5) is 4.79 Å². The Morgan fingerprint density at radius 3 is 2.20 bits per heavy atom. The number of ether oxygens (including phenoxy) is 1. The lowest BCUT2D eigenvalue weighted by molar-refractivity contribution is -0.144. The van der Waals surface area contributed by atoms with E-state index < -0.39 is 60.1 Å². The van der Waals surface area contributed by atoms with Crippen LogP contribution < -0.4 is 16.4 Å². The largest absolute Gasteiger partial charge is 0.507 e. The molecule has 11 nitrogen and oxygen atoms in total. The van der Waals surface area contributed by atoms with Crippen molar-refractivity contribution in [3.63, 3.8) is 0 Å². The van der Waals surface area contributed by atoms with Crippen molar-refractivity contribution in [1.29, 1.82) is 0 Å². The molecule has 0 saturated heterocycles. The first kappa shape index (κ1) is 29.7. The first-order chi connectivity index (χ1) is 16.0. The van der Waals surface area contributed by atoms with Gasteiger partial charge in [-0.3, -0.25) is 14.4 Å². The fourth-order valence-electron chi connectivity index (χ4n) is 3.32. The Kier molecular flexibility index (Phi) is 10.1. The number of hydrogen-bond acceptors (Lipinski definition) is 7. The third kappa shape index (κ3) is 9.44. The molecule has 6 N–H and O–H groups in total. The minimum atomic E-state index is -1.48. The number of aryl methyl sites for hydroxylation is 1. The monoisotopic (exact) mass is 494 g/mol. The van der Waals surface area contributed by atoms with Crippen LogP contribution in [0.5, 0.6) is 5.75 Å². The zero-order chi connectivity index (χ0) is 27.1. The molecule has 4 amide bonds. The van der Waals surface area contributed by atoms with Gasteiger partial charge in [0.15, 0.2) is 0 Å². The minimum Gasteiger partial charge on any atom is -0.507 e. The average Bonchev–Trinajstić information content (AvgIpc) is 2.66. The van der Waals surface area contributed by atoms with Crippen LogP contribution in [-0.4, -0.2) is 69.3 Å². The summed E-state index contributed by atoms with van der Waals surface area (Å²) in [6.07, 6.45) is -1.54. The van der Waals surface area contributed by atoms with Crippen LogP contribution >= 0.6 is 0 Å². The smallest absolute Gasteiger partial charge is 0.408 e. The van der Waals surface area contributed by atoms with E-state index in [0.717, 1.165) is 4.90 Å². The highest BCUT2D eigenvalue weighted by molar-refractivity contribution is 5.95. The summed E-state index contributed by atoms with van der Waals surface area (Å²) >= 11 is 0. The van der Waals surface area contributed by atoms with Crippen molar-refractivity contribution in [3.05, 3.63) is 29.3 Å². The maximum Gasteiger partial charge on any atom is 0.408 e. The lowest BCUT2D eigenvalue weighted by atomic mass is 9.97. The molecule has 1 aromatic carbocycles. The topological polar surface area (TPSA) is 171 Å². The van der Waals surface area contributed by atoms with E-state index in [4.69, 9.17) is 10.5 Å². The molecule has 1 aromatic rings. The number of amides is 4. The molecule has 0 aliphatic heterocycles. The van der Waals surface area contributed by atoms with E-state index in [-0.39, 0.29) is 17.9 Å². The number of nitrogens with one attached hydrogen (secondary N) is 2. The number of alkyl carbamates (subject to hydrolysis) is 1. The Morgan fingerprint density at radius 1 is 1.11 bits per heavy atom. The molecular formula is C24H38N4O7. The number of carbonyl (C=O) groups excluding carboxylic acids is 4. The minimum absolute atomic E-state index is 0.114. The molecule has 0 spiro atoms. The summed E-state index contributed by atoms with van der Waals surface area (Å²) in [5.74, 6) is -2.57. The lowest BCUT2D eigenvalue weighted by Gasteiger charge is -2.35. The quantitative estimate of drug-likeness (QED) is 0.344. The number of aromatic hydroxyl groups is 1. The predicted octanol–water partition coefficient (Wildman–Crippen LogP) is 1.25. The second-order valence-corrected chi connectivity index (χ2v) is 10.3. The number of aliphatic hydroxyl groups excluding tert-OH is 1. The third-order valence-electron chi connectivity index (χ3n) is 4.64. The van der Waals surface area contributed by atoms with Crippen LogP contribution in [0.25, 0.3) is 0 Å². The third-order valence-corrected chi connectivity index (χ3v) is 4.64. The highest BCUT2D eigenvalue weighted by Crippen LogP contribution is 2.32. The van der Waals surface area contributed by atoms with Gasteiger partial charge in [-0.05, 0) is 54.0 Å². The number of phenols is 1. The Labute approximate surface area is 206 Å². The zero-order valence-electron chi connectivity index (χ0n) is 21.5. The number of benzene rings is 1. The molecule has 0 aliphatic carbocycles. The predicted molar refractivity (Wildman–Crippen MR) is 129 cm³/mol. The molecule has 0 aromatic heterocycles. The first-order valence-electron chi connectivity index (χ1n) is 11.3. The van der Waals surface area contributed by atoms with Gasteiger partial charge in [-0.25, -0.2) is 4.79 Å². The standard InChI is InChI=1S/C24H38N4O7/c1-14-9-8-10-15(19(14)31)18(20(32)27-23(2,3)4)28(11-12-29)21(33)16(13-17(25)30)26-22(34)35-24(5,6)7/h8-10,16,18,29,31H,11-13H2,1-7H3,(H2,25,30)(H,26,34)(H,27,32). The number of carbonyl (C=O) groups is 4. The van der Waals surface area contributed by atoms with Crippen molar-refractivity contribution in [2.75, 3.05) is 13.2 Å².